The molecule has 0 aliphatic heterocycles. The van der Waals surface area contributed by atoms with E-state index < -0.39 is 0 Å². The number of ether oxygens (including phenoxy) is 1. The van der Waals surface area contributed by atoms with Crippen molar-refractivity contribution in [1.29, 1.82) is 0 Å². The molecule has 0 bridgehead atoms. The molecule has 0 unspecified atom stereocenters. The van der Waals surface area contributed by atoms with E-state index >= 15 is 0 Å². The fraction of sp³-hybridized carbons (Fsp3) is 0.467. The molecule has 1 N–H and O–H groups in total. The molecule has 0 saturated carbocycles. The fourth-order valence-corrected chi connectivity index (χ4v) is 1.96. The monoisotopic (exact) mass is 312 g/mol. The van der Waals surface area contributed by atoms with Crippen LogP contribution in [-0.4, -0.2) is 37.4 Å². The van der Waals surface area contributed by atoms with Gasteiger partial charge in [0.15, 0.2) is 0 Å². The van der Waals surface area contributed by atoms with E-state index in [1.54, 1.807) is 25.2 Å². The van der Waals surface area contributed by atoms with E-state index in [0.29, 0.717) is 22.9 Å². The Morgan fingerprint density at radius 3 is 2.71 bits per heavy atom. The number of hydrogen-bond donors (Lipinski definition) is 1. The highest BCUT2D eigenvalue weighted by Crippen LogP contribution is 2.27. The van der Waals surface area contributed by atoms with Crippen LogP contribution in [0.1, 0.15) is 26.2 Å². The third-order valence-corrected chi connectivity index (χ3v) is 3.22. The Morgan fingerprint density at radius 2 is 2.10 bits per heavy atom. The van der Waals surface area contributed by atoms with Crippen LogP contribution in [0.25, 0.3) is 0 Å². The summed E-state index contributed by atoms with van der Waals surface area (Å²) in [5.74, 6) is 0.195. The minimum Gasteiger partial charge on any atom is -0.495 e. The molecule has 116 valence electrons. The van der Waals surface area contributed by atoms with Crippen LogP contribution in [0, 0.1) is 0 Å². The van der Waals surface area contributed by atoms with Gasteiger partial charge in [0.05, 0.1) is 19.3 Å². The van der Waals surface area contributed by atoms with Gasteiger partial charge in [0.25, 0.3) is 0 Å². The van der Waals surface area contributed by atoms with Gasteiger partial charge in [-0.05, 0) is 24.6 Å². The Kier molecular flexibility index (Phi) is 7.02. The number of nitrogens with zero attached hydrogens (tertiary/aromatic N) is 1. The molecule has 0 aromatic heterocycles. The number of halogens is 1. The topological polar surface area (TPSA) is 58.6 Å². The highest BCUT2D eigenvalue weighted by atomic mass is 35.5. The number of likely N-dealkylation sites (N-methyl/N-ethyl adjacent to an activating group) is 1. The Balaban J connectivity index is 2.61. The first kappa shape index (κ1) is 17.3. The lowest BCUT2D eigenvalue weighted by molar-refractivity contribution is -0.133. The Morgan fingerprint density at radius 1 is 1.38 bits per heavy atom. The summed E-state index contributed by atoms with van der Waals surface area (Å²) in [5.41, 5.74) is 0.490. The van der Waals surface area contributed by atoms with E-state index in [1.165, 1.54) is 12.0 Å². The van der Waals surface area contributed by atoms with Crippen LogP contribution < -0.4 is 10.1 Å². The zero-order valence-corrected chi connectivity index (χ0v) is 13.4. The summed E-state index contributed by atoms with van der Waals surface area (Å²) in [6.45, 7) is 2.02. The minimum atomic E-state index is -0.289. The molecule has 21 heavy (non-hydrogen) atoms. The molecule has 0 saturated heterocycles. The van der Waals surface area contributed by atoms with Gasteiger partial charge < -0.3 is 15.0 Å². The van der Waals surface area contributed by atoms with Crippen molar-refractivity contribution in [2.45, 2.75) is 26.2 Å². The number of nitrogens with one attached hydrogen (secondary N) is 1. The van der Waals surface area contributed by atoms with Crippen LogP contribution >= 0.6 is 11.6 Å². The molecule has 1 aromatic rings. The maximum Gasteiger partial charge on any atom is 0.244 e. The lowest BCUT2D eigenvalue weighted by atomic mass is 10.2. The highest BCUT2D eigenvalue weighted by Gasteiger charge is 2.14. The van der Waals surface area contributed by atoms with Crippen LogP contribution in [0.15, 0.2) is 18.2 Å². The summed E-state index contributed by atoms with van der Waals surface area (Å²) in [6.07, 6.45) is 2.24. The van der Waals surface area contributed by atoms with Gasteiger partial charge in [-0.2, -0.15) is 0 Å². The predicted octanol–water partition coefficient (Wildman–Crippen LogP) is 2.94. The maximum absolute atomic E-state index is 12.0. The number of anilines is 1. The predicted molar refractivity (Wildman–Crippen MR) is 83.8 cm³/mol. The normalized spacial score (nSPS) is 10.1. The van der Waals surface area contributed by atoms with Crippen molar-refractivity contribution in [3.63, 3.8) is 0 Å². The average Bonchev–Trinajstić information content (AvgIpc) is 2.44. The van der Waals surface area contributed by atoms with E-state index in [4.69, 9.17) is 16.3 Å². The number of unbranched alkanes of at least 4 members (excludes halogenated alkanes) is 1. The van der Waals surface area contributed by atoms with Gasteiger partial charge >= 0.3 is 0 Å². The van der Waals surface area contributed by atoms with E-state index in [2.05, 4.69) is 5.32 Å². The van der Waals surface area contributed by atoms with Crippen LogP contribution in [0.4, 0.5) is 5.69 Å². The molecular weight excluding hydrogens is 292 g/mol. The number of benzene rings is 1. The standard InChI is InChI=1S/C15H21ClN2O3/c1-4-5-6-15(20)18(2)10-14(19)17-12-9-11(16)7-8-13(12)21-3/h7-9H,4-6,10H2,1-3H3,(H,17,19). The summed E-state index contributed by atoms with van der Waals surface area (Å²) in [5, 5.41) is 3.20. The number of carbonyl (C=O) groups is 2. The van der Waals surface area contributed by atoms with E-state index in [0.717, 1.165) is 12.8 Å². The van der Waals surface area contributed by atoms with Crippen molar-refractivity contribution in [1.82, 2.24) is 4.90 Å². The van der Waals surface area contributed by atoms with Crippen molar-refractivity contribution >= 4 is 29.1 Å². The maximum atomic E-state index is 12.0. The minimum absolute atomic E-state index is 0.00177. The summed E-state index contributed by atoms with van der Waals surface area (Å²) in [4.78, 5) is 25.2. The second kappa shape index (κ2) is 8.52. The average molecular weight is 313 g/mol. The third kappa shape index (κ3) is 5.63. The van der Waals surface area contributed by atoms with Crippen LogP contribution in [-0.2, 0) is 9.59 Å². The molecular formula is C15H21ClN2O3. The smallest absolute Gasteiger partial charge is 0.244 e. The van der Waals surface area contributed by atoms with Gasteiger partial charge in [-0.3, -0.25) is 9.59 Å². The molecule has 0 heterocycles. The summed E-state index contributed by atoms with van der Waals surface area (Å²) in [7, 11) is 3.13. The zero-order valence-electron chi connectivity index (χ0n) is 12.6. The third-order valence-electron chi connectivity index (χ3n) is 2.99. The van der Waals surface area contributed by atoms with Crippen LogP contribution in [0.2, 0.25) is 5.02 Å². The van der Waals surface area contributed by atoms with Crippen molar-refractivity contribution in [3.8, 4) is 5.75 Å². The van der Waals surface area contributed by atoms with Gasteiger partial charge in [0, 0.05) is 18.5 Å². The molecule has 1 rings (SSSR count). The number of amides is 2. The molecule has 0 fully saturated rings. The van der Waals surface area contributed by atoms with Crippen molar-refractivity contribution in [2.75, 3.05) is 26.0 Å². The Bertz CT molecular complexity index is 506. The first-order valence-corrected chi connectivity index (χ1v) is 7.23. The highest BCUT2D eigenvalue weighted by molar-refractivity contribution is 6.31. The Hall–Kier alpha value is -1.75. The molecule has 0 radical (unpaired) electrons. The van der Waals surface area contributed by atoms with Gasteiger partial charge in [0.1, 0.15) is 5.75 Å². The van der Waals surface area contributed by atoms with Gasteiger partial charge in [-0.1, -0.05) is 24.9 Å². The molecule has 6 heteroatoms. The first-order chi connectivity index (χ1) is 9.97. The second-order valence-corrected chi connectivity index (χ2v) is 5.18. The summed E-state index contributed by atoms with van der Waals surface area (Å²) >= 11 is 5.90. The largest absolute Gasteiger partial charge is 0.495 e. The van der Waals surface area contributed by atoms with Crippen molar-refractivity contribution < 1.29 is 14.3 Å². The molecule has 1 aromatic carbocycles. The molecule has 0 spiro atoms. The number of carbonyl (C=O) groups excluding carboxylic acids is 2. The van der Waals surface area contributed by atoms with E-state index in [9.17, 15) is 9.59 Å². The number of hydrogen-bond acceptors (Lipinski definition) is 3. The lowest BCUT2D eigenvalue weighted by Gasteiger charge is -2.17. The van der Waals surface area contributed by atoms with Gasteiger partial charge in [-0.25, -0.2) is 0 Å². The number of rotatable bonds is 7. The lowest BCUT2D eigenvalue weighted by Crippen LogP contribution is -2.34. The zero-order chi connectivity index (χ0) is 15.8. The van der Waals surface area contributed by atoms with Crippen LogP contribution in [0.5, 0.6) is 5.75 Å². The van der Waals surface area contributed by atoms with E-state index in [1.807, 2.05) is 6.92 Å². The van der Waals surface area contributed by atoms with E-state index in [-0.39, 0.29) is 18.4 Å². The number of methoxy groups -OCH3 is 1. The van der Waals surface area contributed by atoms with Crippen molar-refractivity contribution in [3.05, 3.63) is 23.2 Å². The Labute approximate surface area is 130 Å². The molecule has 5 nitrogen and oxygen atoms in total. The van der Waals surface area contributed by atoms with Crippen molar-refractivity contribution in [2.24, 2.45) is 0 Å². The quantitative estimate of drug-likeness (QED) is 0.842. The van der Waals surface area contributed by atoms with Gasteiger partial charge in [-0.15, -0.1) is 0 Å². The molecule has 0 aliphatic rings. The van der Waals surface area contributed by atoms with Crippen LogP contribution in [0.3, 0.4) is 0 Å². The fourth-order valence-electron chi connectivity index (χ4n) is 1.79. The summed E-state index contributed by atoms with van der Waals surface area (Å²) in [6, 6.07) is 4.96. The SMILES string of the molecule is CCCCC(=O)N(C)CC(=O)Nc1cc(Cl)ccc1OC. The molecule has 0 aliphatic carbocycles. The van der Waals surface area contributed by atoms with Gasteiger partial charge in [0.2, 0.25) is 11.8 Å². The molecule has 2 amide bonds. The second-order valence-electron chi connectivity index (χ2n) is 4.75. The first-order valence-electron chi connectivity index (χ1n) is 6.85. The molecule has 0 atom stereocenters. The summed E-state index contributed by atoms with van der Waals surface area (Å²) < 4.78 is 5.15.